The molecule has 0 fully saturated rings. The van der Waals surface area contributed by atoms with Gasteiger partial charge in [-0.3, -0.25) is 0 Å². The molecule has 0 spiro atoms. The lowest BCUT2D eigenvalue weighted by Crippen LogP contribution is -2.29. The average molecular weight is 297 g/mol. The molecule has 0 atom stereocenters. The molecule has 0 rings (SSSR count). The molecule has 0 aliphatic rings. The molecule has 4 heteroatoms. The van der Waals surface area contributed by atoms with Crippen LogP contribution in [-0.2, 0) is 0 Å². The molecule has 0 heterocycles. The minimum atomic E-state index is 0.675. The van der Waals surface area contributed by atoms with Crippen LogP contribution in [0.5, 0.6) is 0 Å². The summed E-state index contributed by atoms with van der Waals surface area (Å²) in [5, 5.41) is 4.68. The highest BCUT2D eigenvalue weighted by Gasteiger charge is 1.96. The lowest BCUT2D eigenvalue weighted by atomic mass is 10.1. The predicted molar refractivity (Wildman–Crippen MR) is 94.2 cm³/mol. The van der Waals surface area contributed by atoms with E-state index in [4.69, 9.17) is 11.6 Å². The van der Waals surface area contributed by atoms with Gasteiger partial charge in [0.1, 0.15) is 0 Å². The molecule has 0 aromatic heterocycles. The Balaban J connectivity index is 0. The molecule has 0 radical (unpaired) electrons. The quantitative estimate of drug-likeness (QED) is 0.237. The van der Waals surface area contributed by atoms with Crippen LogP contribution in [0, 0.1) is 11.8 Å². The molecule has 0 saturated heterocycles. The summed E-state index contributed by atoms with van der Waals surface area (Å²) in [6.07, 6.45) is 10.3. The van der Waals surface area contributed by atoms with Crippen LogP contribution >= 0.6 is 0 Å². The normalized spacial score (nSPS) is 10.2. The molecule has 0 aliphatic heterocycles. The van der Waals surface area contributed by atoms with Crippen molar-refractivity contribution >= 4 is 0 Å². The summed E-state index contributed by atoms with van der Waals surface area (Å²) in [5.74, 6) is 11.9. The van der Waals surface area contributed by atoms with Gasteiger partial charge in [0.15, 0.2) is 0 Å². The highest BCUT2D eigenvalue weighted by molar-refractivity contribution is 4.96. The lowest BCUT2D eigenvalue weighted by molar-refractivity contribution is 0.372. The zero-order valence-corrected chi connectivity index (χ0v) is 14.5. The molecule has 0 aliphatic carbocycles. The van der Waals surface area contributed by atoms with Gasteiger partial charge in [-0.05, 0) is 26.8 Å². The van der Waals surface area contributed by atoms with Gasteiger partial charge in [-0.25, -0.2) is 5.84 Å². The number of hydrogen-bond acceptors (Lipinski definition) is 4. The Morgan fingerprint density at radius 2 is 1.67 bits per heavy atom. The monoisotopic (exact) mass is 296 g/mol. The van der Waals surface area contributed by atoms with E-state index < -0.39 is 0 Å². The first-order valence-electron chi connectivity index (χ1n) is 8.22. The molecule has 4 nitrogen and oxygen atoms in total. The summed E-state index contributed by atoms with van der Waals surface area (Å²) in [6.45, 7) is 7.44. The van der Waals surface area contributed by atoms with Gasteiger partial charge in [0.05, 0.1) is 0 Å². The molecule has 0 saturated carbocycles. The van der Waals surface area contributed by atoms with Crippen LogP contribution in [0.4, 0.5) is 0 Å². The Hall–Kier alpha value is -1.18. The molecule has 0 aromatic carbocycles. The Bertz CT molecular complexity index is 289. The third-order valence-corrected chi connectivity index (χ3v) is 2.86. The third-order valence-electron chi connectivity index (χ3n) is 2.86. The minimum absolute atomic E-state index is 0.675. The SMILES string of the molecule is CC.CC#CCCCCCCCCN(N)/C=C(\N)CNC. The van der Waals surface area contributed by atoms with Crippen LogP contribution in [-0.4, -0.2) is 25.1 Å². The van der Waals surface area contributed by atoms with E-state index >= 15 is 0 Å². The van der Waals surface area contributed by atoms with Gasteiger partial charge in [-0.1, -0.05) is 39.5 Å². The first kappa shape index (κ1) is 22.1. The predicted octanol–water partition coefficient (Wildman–Crippen LogP) is 2.96. The average Bonchev–Trinajstić information content (AvgIpc) is 2.48. The van der Waals surface area contributed by atoms with E-state index in [1.807, 2.05) is 27.8 Å². The van der Waals surface area contributed by atoms with Crippen molar-refractivity contribution in [3.8, 4) is 11.8 Å². The number of nitrogens with zero attached hydrogens (tertiary/aromatic N) is 1. The number of hydrazine groups is 1. The number of likely N-dealkylation sites (N-methyl/N-ethyl adjacent to an activating group) is 1. The molecule has 0 aromatic rings. The van der Waals surface area contributed by atoms with Crippen LogP contribution in [0.1, 0.15) is 65.7 Å². The van der Waals surface area contributed by atoms with Crippen molar-refractivity contribution in [1.29, 1.82) is 0 Å². The smallest absolute Gasteiger partial charge is 0.0398 e. The lowest BCUT2D eigenvalue weighted by Gasteiger charge is -2.14. The number of unbranched alkanes of at least 4 members (excludes halogenated alkanes) is 6. The second-order valence-electron chi connectivity index (χ2n) is 4.77. The van der Waals surface area contributed by atoms with Crippen LogP contribution in [0.15, 0.2) is 11.9 Å². The van der Waals surface area contributed by atoms with Gasteiger partial charge in [0.2, 0.25) is 0 Å². The zero-order valence-electron chi connectivity index (χ0n) is 14.5. The topological polar surface area (TPSA) is 67.3 Å². The fraction of sp³-hybridized carbons (Fsp3) is 0.765. The molecular formula is C17H36N4. The Kier molecular flexibility index (Phi) is 19.8. The maximum absolute atomic E-state index is 5.83. The van der Waals surface area contributed by atoms with Crippen LogP contribution < -0.4 is 16.9 Å². The van der Waals surface area contributed by atoms with Crippen molar-refractivity contribution in [1.82, 2.24) is 10.3 Å². The van der Waals surface area contributed by atoms with Gasteiger partial charge in [-0.2, -0.15) is 0 Å². The van der Waals surface area contributed by atoms with E-state index in [9.17, 15) is 0 Å². The van der Waals surface area contributed by atoms with E-state index in [1.165, 1.54) is 32.1 Å². The molecule has 21 heavy (non-hydrogen) atoms. The van der Waals surface area contributed by atoms with Crippen LogP contribution in [0.3, 0.4) is 0 Å². The van der Waals surface area contributed by atoms with E-state index in [1.54, 1.807) is 11.2 Å². The standard InChI is InChI=1S/C15H30N4.C2H6/c1-3-4-5-6-7-8-9-10-11-12-19(17)14-15(16)13-18-2;1-2/h14,18H,5-13,16-17H2,1-2H3;1-2H3/b15-14-;. The molecule has 124 valence electrons. The second-order valence-corrected chi connectivity index (χ2v) is 4.77. The number of hydrogen-bond donors (Lipinski definition) is 3. The van der Waals surface area contributed by atoms with Crippen molar-refractivity contribution in [2.75, 3.05) is 20.1 Å². The molecule has 5 N–H and O–H groups in total. The van der Waals surface area contributed by atoms with E-state index in [0.29, 0.717) is 6.54 Å². The van der Waals surface area contributed by atoms with E-state index in [0.717, 1.165) is 25.1 Å². The summed E-state index contributed by atoms with van der Waals surface area (Å²) in [5.41, 5.74) is 6.53. The zero-order chi connectivity index (χ0) is 16.3. The summed E-state index contributed by atoms with van der Waals surface area (Å²) in [7, 11) is 1.87. The van der Waals surface area contributed by atoms with Crippen LogP contribution in [0.25, 0.3) is 0 Å². The molecule has 0 bridgehead atoms. The second kappa shape index (κ2) is 18.8. The molecule has 0 amide bonds. The Labute approximate surface area is 132 Å². The van der Waals surface area contributed by atoms with Crippen molar-refractivity contribution in [3.05, 3.63) is 11.9 Å². The number of rotatable bonds is 11. The number of nitrogens with one attached hydrogen (secondary N) is 1. The maximum Gasteiger partial charge on any atom is 0.0398 e. The fourth-order valence-electron chi connectivity index (χ4n) is 1.87. The summed E-state index contributed by atoms with van der Waals surface area (Å²) < 4.78 is 0. The van der Waals surface area contributed by atoms with Gasteiger partial charge in [-0.15, -0.1) is 11.8 Å². The van der Waals surface area contributed by atoms with Crippen molar-refractivity contribution in [2.24, 2.45) is 11.6 Å². The van der Waals surface area contributed by atoms with E-state index in [-0.39, 0.29) is 0 Å². The highest BCUT2D eigenvalue weighted by Crippen LogP contribution is 2.07. The Morgan fingerprint density at radius 3 is 2.24 bits per heavy atom. The first-order chi connectivity index (χ1) is 10.2. The summed E-state index contributed by atoms with van der Waals surface area (Å²) >= 11 is 0. The van der Waals surface area contributed by atoms with Gasteiger partial charge < -0.3 is 16.1 Å². The van der Waals surface area contributed by atoms with Crippen molar-refractivity contribution in [3.63, 3.8) is 0 Å². The van der Waals surface area contributed by atoms with Gasteiger partial charge in [0, 0.05) is 31.4 Å². The van der Waals surface area contributed by atoms with Gasteiger partial charge >= 0.3 is 0 Å². The highest BCUT2D eigenvalue weighted by atomic mass is 15.4. The van der Waals surface area contributed by atoms with Gasteiger partial charge in [0.25, 0.3) is 0 Å². The third kappa shape index (κ3) is 18.8. The van der Waals surface area contributed by atoms with Crippen LogP contribution in [0.2, 0.25) is 0 Å². The first-order valence-corrected chi connectivity index (χ1v) is 8.22. The van der Waals surface area contributed by atoms with Crippen molar-refractivity contribution in [2.45, 2.75) is 65.7 Å². The molecule has 0 unspecified atom stereocenters. The minimum Gasteiger partial charge on any atom is -0.400 e. The number of nitrogens with two attached hydrogens (primary N) is 2. The summed E-state index contributed by atoms with van der Waals surface area (Å²) in [6, 6.07) is 0. The summed E-state index contributed by atoms with van der Waals surface area (Å²) in [4.78, 5) is 0. The Morgan fingerprint density at radius 1 is 1.10 bits per heavy atom. The van der Waals surface area contributed by atoms with Crippen molar-refractivity contribution < 1.29 is 0 Å². The largest absolute Gasteiger partial charge is 0.400 e. The van der Waals surface area contributed by atoms with E-state index in [2.05, 4.69) is 17.2 Å². The maximum atomic E-state index is 5.83. The molecular weight excluding hydrogens is 260 g/mol. The fourth-order valence-corrected chi connectivity index (χ4v) is 1.87.